The maximum atomic E-state index is 11.3. The molecule has 1 atom stereocenters. The molecule has 1 amide bonds. The van der Waals surface area contributed by atoms with Crippen LogP contribution in [0.5, 0.6) is 11.6 Å². The average molecular weight is 334 g/mol. The monoisotopic (exact) mass is 334 g/mol. The lowest BCUT2D eigenvalue weighted by atomic mass is 10.2. The minimum Gasteiger partial charge on any atom is -0.496 e. The third kappa shape index (κ3) is 3.02. The van der Waals surface area contributed by atoms with Gasteiger partial charge in [-0.1, -0.05) is 12.1 Å². The SMILES string of the molecule is COc1ccccc1-c1nc(OC)c(C2OCCCN2C=O)s1. The van der Waals surface area contributed by atoms with Crippen LogP contribution < -0.4 is 9.47 Å². The Morgan fingerprint density at radius 2 is 2.17 bits per heavy atom. The highest BCUT2D eigenvalue weighted by Gasteiger charge is 2.30. The number of amides is 1. The first-order valence-electron chi connectivity index (χ1n) is 7.29. The molecule has 23 heavy (non-hydrogen) atoms. The third-order valence-electron chi connectivity index (χ3n) is 3.65. The number of hydrogen-bond donors (Lipinski definition) is 0. The number of thiazole rings is 1. The molecule has 0 bridgehead atoms. The number of carbonyl (C=O) groups excluding carboxylic acids is 1. The van der Waals surface area contributed by atoms with Gasteiger partial charge in [-0.2, -0.15) is 0 Å². The van der Waals surface area contributed by atoms with Crippen LogP contribution in [0.3, 0.4) is 0 Å². The minimum absolute atomic E-state index is 0.447. The number of hydrogen-bond acceptors (Lipinski definition) is 6. The predicted molar refractivity (Wildman–Crippen MR) is 86.7 cm³/mol. The van der Waals surface area contributed by atoms with E-state index in [-0.39, 0.29) is 0 Å². The first kappa shape index (κ1) is 15.8. The van der Waals surface area contributed by atoms with Crippen LogP contribution in [0, 0.1) is 0 Å². The molecule has 1 aromatic heterocycles. The number of aromatic nitrogens is 1. The standard InChI is InChI=1S/C16H18N2O4S/c1-20-12-7-4-3-6-11(12)15-17-14(21-2)13(23-15)16-18(10-19)8-5-9-22-16/h3-4,6-7,10,16H,5,8-9H2,1-2H3. The largest absolute Gasteiger partial charge is 0.496 e. The van der Waals surface area contributed by atoms with Crippen LogP contribution in [0.15, 0.2) is 24.3 Å². The summed E-state index contributed by atoms with van der Waals surface area (Å²) in [6.07, 6.45) is 1.19. The van der Waals surface area contributed by atoms with E-state index in [0.29, 0.717) is 19.0 Å². The molecule has 0 spiro atoms. The fraction of sp³-hybridized carbons (Fsp3) is 0.375. The molecule has 2 heterocycles. The highest BCUT2D eigenvalue weighted by molar-refractivity contribution is 7.15. The van der Waals surface area contributed by atoms with E-state index in [4.69, 9.17) is 14.2 Å². The molecule has 122 valence electrons. The number of benzene rings is 1. The maximum absolute atomic E-state index is 11.3. The van der Waals surface area contributed by atoms with E-state index in [1.807, 2.05) is 24.3 Å². The van der Waals surface area contributed by atoms with Gasteiger partial charge in [0.05, 0.1) is 26.4 Å². The van der Waals surface area contributed by atoms with Gasteiger partial charge in [0.25, 0.3) is 0 Å². The van der Waals surface area contributed by atoms with Crippen molar-refractivity contribution >= 4 is 17.7 Å². The lowest BCUT2D eigenvalue weighted by Crippen LogP contribution is -2.35. The third-order valence-corrected chi connectivity index (χ3v) is 4.75. The van der Waals surface area contributed by atoms with Crippen molar-refractivity contribution in [3.63, 3.8) is 0 Å². The Kier molecular flexibility index (Phi) is 4.78. The number of rotatable bonds is 5. The summed E-state index contributed by atoms with van der Waals surface area (Å²) >= 11 is 1.45. The van der Waals surface area contributed by atoms with Gasteiger partial charge in [0.2, 0.25) is 12.3 Å². The molecule has 1 aliphatic rings. The second-order valence-corrected chi connectivity index (χ2v) is 6.04. The molecular formula is C16H18N2O4S. The van der Waals surface area contributed by atoms with E-state index in [0.717, 1.165) is 34.0 Å². The molecule has 6 nitrogen and oxygen atoms in total. The molecule has 2 aromatic rings. The van der Waals surface area contributed by atoms with Gasteiger partial charge in [0.1, 0.15) is 15.6 Å². The van der Waals surface area contributed by atoms with Crippen molar-refractivity contribution in [2.75, 3.05) is 27.4 Å². The topological polar surface area (TPSA) is 60.9 Å². The fourth-order valence-corrected chi connectivity index (χ4v) is 3.68. The van der Waals surface area contributed by atoms with Gasteiger partial charge in [-0.05, 0) is 18.6 Å². The minimum atomic E-state index is -0.447. The predicted octanol–water partition coefficient (Wildman–Crippen LogP) is 2.70. The van der Waals surface area contributed by atoms with E-state index in [1.165, 1.54) is 11.3 Å². The Morgan fingerprint density at radius 1 is 1.35 bits per heavy atom. The zero-order chi connectivity index (χ0) is 16.2. The zero-order valence-corrected chi connectivity index (χ0v) is 13.8. The molecule has 1 fully saturated rings. The van der Waals surface area contributed by atoms with Crippen molar-refractivity contribution < 1.29 is 19.0 Å². The molecule has 0 N–H and O–H groups in total. The molecule has 3 rings (SSSR count). The van der Waals surface area contributed by atoms with E-state index >= 15 is 0 Å². The second-order valence-electron chi connectivity index (χ2n) is 5.01. The highest BCUT2D eigenvalue weighted by atomic mass is 32.1. The van der Waals surface area contributed by atoms with Crippen LogP contribution in [0.25, 0.3) is 10.6 Å². The Hall–Kier alpha value is -2.12. The fourth-order valence-electron chi connectivity index (χ4n) is 2.55. The molecule has 1 aliphatic heterocycles. The van der Waals surface area contributed by atoms with Gasteiger partial charge in [0.15, 0.2) is 6.23 Å². The number of methoxy groups -OCH3 is 2. The average Bonchev–Trinajstić information content (AvgIpc) is 3.05. The summed E-state index contributed by atoms with van der Waals surface area (Å²) in [5.41, 5.74) is 0.887. The molecular weight excluding hydrogens is 316 g/mol. The van der Waals surface area contributed by atoms with E-state index in [9.17, 15) is 4.79 Å². The van der Waals surface area contributed by atoms with Crippen LogP contribution in [-0.2, 0) is 9.53 Å². The van der Waals surface area contributed by atoms with Gasteiger partial charge in [-0.3, -0.25) is 4.79 Å². The lowest BCUT2D eigenvalue weighted by Gasteiger charge is -2.31. The summed E-state index contributed by atoms with van der Waals surface area (Å²) in [6, 6.07) is 7.67. The summed E-state index contributed by atoms with van der Waals surface area (Å²) < 4.78 is 16.6. The van der Waals surface area contributed by atoms with Gasteiger partial charge in [-0.15, -0.1) is 11.3 Å². The van der Waals surface area contributed by atoms with Crippen molar-refractivity contribution in [1.82, 2.24) is 9.88 Å². The summed E-state index contributed by atoms with van der Waals surface area (Å²) in [5, 5.41) is 0.773. The summed E-state index contributed by atoms with van der Waals surface area (Å²) in [5.74, 6) is 1.22. The van der Waals surface area contributed by atoms with E-state index < -0.39 is 6.23 Å². The Labute approximate surface area is 138 Å². The normalized spacial score (nSPS) is 17.8. The van der Waals surface area contributed by atoms with Crippen molar-refractivity contribution in [3.8, 4) is 22.2 Å². The number of carbonyl (C=O) groups is 1. The van der Waals surface area contributed by atoms with E-state index in [2.05, 4.69) is 4.98 Å². The first-order chi connectivity index (χ1) is 11.3. The quantitative estimate of drug-likeness (QED) is 0.787. The van der Waals surface area contributed by atoms with Crippen LogP contribution in [0.1, 0.15) is 17.5 Å². The molecule has 0 saturated carbocycles. The van der Waals surface area contributed by atoms with Crippen molar-refractivity contribution in [1.29, 1.82) is 0 Å². The molecule has 1 saturated heterocycles. The second kappa shape index (κ2) is 6.97. The molecule has 0 radical (unpaired) electrons. The lowest BCUT2D eigenvalue weighted by molar-refractivity contribution is -0.142. The Morgan fingerprint density at radius 3 is 2.91 bits per heavy atom. The molecule has 1 aromatic carbocycles. The summed E-state index contributed by atoms with van der Waals surface area (Å²) in [6.45, 7) is 1.28. The summed E-state index contributed by atoms with van der Waals surface area (Å²) in [4.78, 5) is 18.3. The van der Waals surface area contributed by atoms with Gasteiger partial charge >= 0.3 is 0 Å². The van der Waals surface area contributed by atoms with Crippen LogP contribution in [-0.4, -0.2) is 43.7 Å². The number of nitrogens with zero attached hydrogens (tertiary/aromatic N) is 2. The molecule has 1 unspecified atom stereocenters. The molecule has 7 heteroatoms. The Balaban J connectivity index is 2.02. The van der Waals surface area contributed by atoms with Gasteiger partial charge < -0.3 is 19.1 Å². The van der Waals surface area contributed by atoms with Crippen molar-refractivity contribution in [2.24, 2.45) is 0 Å². The molecule has 0 aliphatic carbocycles. The zero-order valence-electron chi connectivity index (χ0n) is 13.0. The van der Waals surface area contributed by atoms with Crippen molar-refractivity contribution in [2.45, 2.75) is 12.6 Å². The first-order valence-corrected chi connectivity index (χ1v) is 8.11. The summed E-state index contributed by atoms with van der Waals surface area (Å²) in [7, 11) is 3.20. The van der Waals surface area contributed by atoms with E-state index in [1.54, 1.807) is 19.1 Å². The maximum Gasteiger partial charge on any atom is 0.232 e. The van der Waals surface area contributed by atoms with Crippen LogP contribution in [0.2, 0.25) is 0 Å². The number of para-hydroxylation sites is 1. The Bertz CT molecular complexity index is 688. The van der Waals surface area contributed by atoms with Gasteiger partial charge in [-0.25, -0.2) is 4.98 Å². The van der Waals surface area contributed by atoms with Gasteiger partial charge in [0, 0.05) is 6.54 Å². The van der Waals surface area contributed by atoms with Crippen LogP contribution in [0.4, 0.5) is 0 Å². The van der Waals surface area contributed by atoms with Crippen LogP contribution >= 0.6 is 11.3 Å². The highest BCUT2D eigenvalue weighted by Crippen LogP contribution is 2.42. The van der Waals surface area contributed by atoms with Crippen molar-refractivity contribution in [3.05, 3.63) is 29.1 Å². The smallest absolute Gasteiger partial charge is 0.232 e. The number of ether oxygens (including phenoxy) is 3.